The van der Waals surface area contributed by atoms with Crippen LogP contribution < -0.4 is 0 Å². The molecule has 1 rings (SSSR count). The van der Waals surface area contributed by atoms with E-state index in [4.69, 9.17) is 0 Å². The van der Waals surface area contributed by atoms with Crippen LogP contribution in [0.25, 0.3) is 0 Å². The Morgan fingerprint density at radius 1 is 1.57 bits per heavy atom. The first-order valence-electron chi connectivity index (χ1n) is 2.54. The minimum Gasteiger partial charge on any atom is -0.343 e. The van der Waals surface area contributed by atoms with Crippen molar-refractivity contribution < 1.29 is 18.6 Å². The Kier molecular flexibility index (Phi) is 3.87. The van der Waals surface area contributed by atoms with Crippen LogP contribution in [0.3, 0.4) is 0 Å². The maximum absolute atomic E-state index is 3.91. The van der Waals surface area contributed by atoms with Crippen molar-refractivity contribution in [3.63, 3.8) is 0 Å². The summed E-state index contributed by atoms with van der Waals surface area (Å²) in [7, 11) is 0. The van der Waals surface area contributed by atoms with E-state index in [0.717, 1.165) is 5.92 Å². The van der Waals surface area contributed by atoms with Gasteiger partial charge in [0.25, 0.3) is 0 Å². The maximum Gasteiger partial charge on any atom is 2.00 e. The molecule has 1 aliphatic carbocycles. The molecule has 0 aliphatic heterocycles. The first-order chi connectivity index (χ1) is 2.89. The fourth-order valence-electron chi connectivity index (χ4n) is 0.825. The fraction of sp³-hybridized carbons (Fsp3) is 0.667. The average Bonchev–Trinajstić information content (AvgIpc) is 1.86. The molecule has 1 fully saturated rings. The molecule has 1 unspecified atom stereocenters. The van der Waals surface area contributed by atoms with Gasteiger partial charge < -0.3 is 13.3 Å². The molecule has 1 aliphatic rings. The van der Waals surface area contributed by atoms with Crippen molar-refractivity contribution in [3.8, 4) is 0 Å². The van der Waals surface area contributed by atoms with Gasteiger partial charge >= 0.3 is 18.6 Å². The first kappa shape index (κ1) is 7.58. The molecule has 0 heterocycles. The van der Waals surface area contributed by atoms with Crippen molar-refractivity contribution in [3.05, 3.63) is 13.3 Å². The van der Waals surface area contributed by atoms with E-state index in [1.165, 1.54) is 19.3 Å². The van der Waals surface area contributed by atoms with E-state index in [1.807, 2.05) is 0 Å². The fourth-order valence-corrected chi connectivity index (χ4v) is 0.825. The summed E-state index contributed by atoms with van der Waals surface area (Å²) in [5.41, 5.74) is 0. The van der Waals surface area contributed by atoms with Crippen molar-refractivity contribution in [2.75, 3.05) is 0 Å². The van der Waals surface area contributed by atoms with Crippen molar-refractivity contribution in [2.24, 2.45) is 5.92 Å². The molecule has 0 bridgehead atoms. The topological polar surface area (TPSA) is 0 Å². The third-order valence-corrected chi connectivity index (χ3v) is 1.28. The molecule has 39 valence electrons. The smallest absolute Gasteiger partial charge is 0.343 e. The van der Waals surface area contributed by atoms with E-state index in [1.54, 1.807) is 0 Å². The second-order valence-corrected chi connectivity index (χ2v) is 1.97. The van der Waals surface area contributed by atoms with Crippen LogP contribution in [0, 0.1) is 19.3 Å². The van der Waals surface area contributed by atoms with Crippen molar-refractivity contribution >= 4 is 0 Å². The molecule has 1 saturated carbocycles. The Morgan fingerprint density at radius 2 is 2.29 bits per heavy atom. The minimum absolute atomic E-state index is 0. The van der Waals surface area contributed by atoms with E-state index in [-0.39, 0.29) is 18.6 Å². The quantitative estimate of drug-likeness (QED) is 0.442. The molecule has 0 nitrogen and oxygen atoms in total. The summed E-state index contributed by atoms with van der Waals surface area (Å²) >= 11 is 0. The Hall–Kier alpha value is 0.584. The zero-order valence-electron chi connectivity index (χ0n) is 4.43. The van der Waals surface area contributed by atoms with Gasteiger partial charge in [-0.25, -0.2) is 6.42 Å². The van der Waals surface area contributed by atoms with Crippen LogP contribution in [0.1, 0.15) is 19.3 Å². The summed E-state index contributed by atoms with van der Waals surface area (Å²) in [4.78, 5) is 0. The van der Waals surface area contributed by atoms with Gasteiger partial charge in [-0.1, -0.05) is 0 Å². The van der Waals surface area contributed by atoms with Gasteiger partial charge in [0.2, 0.25) is 0 Å². The van der Waals surface area contributed by atoms with Crippen LogP contribution in [0.15, 0.2) is 0 Å². The first-order valence-corrected chi connectivity index (χ1v) is 2.54. The standard InChI is InChI=1S/C6H10.V/c1-6-4-2-3-5-6;/h2,6H,1,3-5H2;/q-2;+2. The van der Waals surface area contributed by atoms with Gasteiger partial charge in [0.1, 0.15) is 0 Å². The molecule has 0 aromatic heterocycles. The average molecular weight is 133 g/mol. The molecule has 0 aromatic rings. The predicted octanol–water partition coefficient (Wildman–Crippen LogP) is 1.82. The Labute approximate surface area is 57.6 Å². The third-order valence-electron chi connectivity index (χ3n) is 1.28. The van der Waals surface area contributed by atoms with E-state index in [0.29, 0.717) is 0 Å². The number of rotatable bonds is 0. The van der Waals surface area contributed by atoms with E-state index >= 15 is 0 Å². The maximum atomic E-state index is 3.91. The van der Waals surface area contributed by atoms with Gasteiger partial charge in [0, 0.05) is 0 Å². The van der Waals surface area contributed by atoms with Crippen LogP contribution in [0.4, 0.5) is 0 Å². The summed E-state index contributed by atoms with van der Waals surface area (Å²) < 4.78 is 0. The Bertz CT molecular complexity index is 37.4. The van der Waals surface area contributed by atoms with Gasteiger partial charge in [-0.2, -0.15) is 12.3 Å². The zero-order valence-corrected chi connectivity index (χ0v) is 5.83. The van der Waals surface area contributed by atoms with E-state index < -0.39 is 0 Å². The molecular formula is C6H10V. The molecule has 0 N–H and O–H groups in total. The normalized spacial score (nSPS) is 29.6. The number of hydrogen-bond acceptors (Lipinski definition) is 0. The van der Waals surface area contributed by atoms with Crippen LogP contribution in [0.2, 0.25) is 0 Å². The molecule has 0 amide bonds. The van der Waals surface area contributed by atoms with Crippen molar-refractivity contribution in [1.29, 1.82) is 0 Å². The summed E-state index contributed by atoms with van der Waals surface area (Å²) in [6.07, 6.45) is 6.19. The molecule has 0 saturated heterocycles. The summed E-state index contributed by atoms with van der Waals surface area (Å²) in [6.45, 7) is 3.91. The monoisotopic (exact) mass is 133 g/mol. The Balaban J connectivity index is 0.000000360. The Morgan fingerprint density at radius 3 is 2.43 bits per heavy atom. The SMILES string of the molecule is [CH2-]C1C[CH-]CC1.[V+2]. The van der Waals surface area contributed by atoms with Gasteiger partial charge in [0.15, 0.2) is 0 Å². The molecular weight excluding hydrogens is 123 g/mol. The summed E-state index contributed by atoms with van der Waals surface area (Å²) in [5.74, 6) is 0.741. The van der Waals surface area contributed by atoms with Gasteiger partial charge in [-0.15, -0.1) is 6.42 Å². The van der Waals surface area contributed by atoms with Crippen LogP contribution in [-0.2, 0) is 18.6 Å². The number of hydrogen-bond donors (Lipinski definition) is 0. The predicted molar refractivity (Wildman–Crippen MR) is 27.0 cm³/mol. The second kappa shape index (κ2) is 3.57. The second-order valence-electron chi connectivity index (χ2n) is 1.97. The van der Waals surface area contributed by atoms with Crippen LogP contribution >= 0.6 is 0 Å². The summed E-state index contributed by atoms with van der Waals surface area (Å²) in [5, 5.41) is 0. The van der Waals surface area contributed by atoms with E-state index in [2.05, 4.69) is 13.3 Å². The molecule has 1 atom stereocenters. The van der Waals surface area contributed by atoms with Gasteiger partial charge in [-0.05, 0) is 0 Å². The van der Waals surface area contributed by atoms with Crippen LogP contribution in [0.5, 0.6) is 0 Å². The molecule has 7 heavy (non-hydrogen) atoms. The van der Waals surface area contributed by atoms with Gasteiger partial charge in [-0.3, -0.25) is 0 Å². The molecule has 0 aromatic carbocycles. The minimum atomic E-state index is 0. The van der Waals surface area contributed by atoms with Crippen molar-refractivity contribution in [1.82, 2.24) is 0 Å². The van der Waals surface area contributed by atoms with E-state index in [9.17, 15) is 0 Å². The van der Waals surface area contributed by atoms with Gasteiger partial charge in [0.05, 0.1) is 0 Å². The molecule has 1 heteroatoms. The largest absolute Gasteiger partial charge is 2.00 e. The molecule has 1 radical (unpaired) electrons. The zero-order chi connectivity index (χ0) is 4.41. The van der Waals surface area contributed by atoms with Crippen LogP contribution in [-0.4, -0.2) is 0 Å². The summed E-state index contributed by atoms with van der Waals surface area (Å²) in [6, 6.07) is 0. The van der Waals surface area contributed by atoms with Crippen molar-refractivity contribution in [2.45, 2.75) is 19.3 Å². The molecule has 0 spiro atoms. The third kappa shape index (κ3) is 2.41.